The fourth-order valence-corrected chi connectivity index (χ4v) is 9.00. The van der Waals surface area contributed by atoms with Crippen molar-refractivity contribution >= 4 is 64.4 Å². The molecule has 0 radical (unpaired) electrons. The fourth-order valence-electron chi connectivity index (χ4n) is 8.61. The molecule has 16 nitrogen and oxygen atoms in total. The zero-order chi connectivity index (χ0) is 48.6. The monoisotopic (exact) mass is 965 g/mol. The third-order valence-electron chi connectivity index (χ3n) is 12.3. The smallest absolute Gasteiger partial charge is 0.385 e. The maximum absolute atomic E-state index is 14.7. The summed E-state index contributed by atoms with van der Waals surface area (Å²) in [4.78, 5) is 103. The van der Waals surface area contributed by atoms with Gasteiger partial charge in [0.1, 0.15) is 30.2 Å². The number of fused-ring (bicyclic) bond motifs is 1. The molecule has 0 saturated carbocycles. The molecule has 0 spiro atoms. The van der Waals surface area contributed by atoms with Gasteiger partial charge in [0.25, 0.3) is 0 Å². The largest absolute Gasteiger partial charge is 0.424 e. The van der Waals surface area contributed by atoms with Gasteiger partial charge in [0.05, 0.1) is 6.04 Å². The number of rotatable bonds is 14. The molecule has 1 unspecified atom stereocenters. The molecule has 1 aromatic rings. The fraction of sp³-hybridized carbons (Fsp3) is 0.698. The maximum atomic E-state index is 14.7. The molecule has 65 heavy (non-hydrogen) atoms. The van der Waals surface area contributed by atoms with Gasteiger partial charge >= 0.3 is 6.18 Å². The molecule has 0 bridgehead atoms. The topological polar surface area (TPSA) is 207 Å². The third-order valence-corrected chi connectivity index (χ3v) is 12.9. The second-order valence-corrected chi connectivity index (χ2v) is 18.3. The normalized spacial score (nSPS) is 26.6. The number of hydrogen-bond donors (Lipinski definition) is 5. The SMILES string of the molecule is CCN(C(=O)[C@H](CCOC)NC(=O)[C@@H]1N[C@@H](F)CC1C(=O)[C@@](C)(O)C(F)(F)F)[C@H]1CCCCNC(=O)[C@H]2CCCN2C(=O)[C@H](Cc2cc(Cl)ccc2Cl)N(C)C(=O)[C@H](CC(C)C)NC1=O. The summed E-state index contributed by atoms with van der Waals surface area (Å²) in [7, 11) is 2.73. The molecule has 364 valence electrons. The van der Waals surface area contributed by atoms with Crippen molar-refractivity contribution < 1.29 is 61.0 Å². The minimum atomic E-state index is -5.44. The number of carbonyl (C=O) groups excluding carboxylic acids is 7. The number of hydrogen-bond acceptors (Lipinski definition) is 10. The van der Waals surface area contributed by atoms with Gasteiger partial charge in [0, 0.05) is 69.2 Å². The van der Waals surface area contributed by atoms with Gasteiger partial charge in [-0.15, -0.1) is 0 Å². The van der Waals surface area contributed by atoms with Crippen molar-refractivity contribution in [3.05, 3.63) is 33.8 Å². The van der Waals surface area contributed by atoms with Crippen LogP contribution < -0.4 is 21.3 Å². The lowest BCUT2D eigenvalue weighted by Gasteiger charge is -2.37. The summed E-state index contributed by atoms with van der Waals surface area (Å²) in [6.45, 7) is 5.58. The van der Waals surface area contributed by atoms with E-state index in [2.05, 4.69) is 21.3 Å². The zero-order valence-electron chi connectivity index (χ0n) is 37.4. The summed E-state index contributed by atoms with van der Waals surface area (Å²) in [5, 5.41) is 21.0. The van der Waals surface area contributed by atoms with Gasteiger partial charge in [-0.3, -0.25) is 38.9 Å². The molecule has 3 heterocycles. The van der Waals surface area contributed by atoms with Gasteiger partial charge in [-0.2, -0.15) is 13.2 Å². The predicted molar refractivity (Wildman–Crippen MR) is 231 cm³/mol. The number of methoxy groups -OCH3 is 1. The quantitative estimate of drug-likeness (QED) is 0.136. The van der Waals surface area contributed by atoms with Crippen LogP contribution in [0.2, 0.25) is 10.0 Å². The van der Waals surface area contributed by atoms with Crippen LogP contribution in [-0.4, -0.2) is 156 Å². The Balaban J connectivity index is 1.70. The van der Waals surface area contributed by atoms with Crippen LogP contribution in [0.3, 0.4) is 0 Å². The molecule has 4 rings (SSSR count). The van der Waals surface area contributed by atoms with E-state index in [9.17, 15) is 56.2 Å². The Bertz CT molecular complexity index is 1910. The van der Waals surface area contributed by atoms with Gasteiger partial charge in [-0.25, -0.2) is 4.39 Å². The Morgan fingerprint density at radius 2 is 1.74 bits per heavy atom. The summed E-state index contributed by atoms with van der Waals surface area (Å²) in [6, 6.07) is -3.25. The summed E-state index contributed by atoms with van der Waals surface area (Å²) in [6.07, 6.45) is -7.08. The first-order chi connectivity index (χ1) is 30.4. The van der Waals surface area contributed by atoms with E-state index in [-0.39, 0.29) is 71.2 Å². The Labute approximate surface area is 386 Å². The minimum absolute atomic E-state index is 0.00536. The second kappa shape index (κ2) is 23.1. The van der Waals surface area contributed by atoms with Crippen molar-refractivity contribution in [2.45, 2.75) is 140 Å². The van der Waals surface area contributed by atoms with E-state index in [4.69, 9.17) is 27.9 Å². The number of nitrogens with one attached hydrogen (secondary N) is 4. The molecular formula is C43H61Cl2F4N7O9. The summed E-state index contributed by atoms with van der Waals surface area (Å²) in [5.41, 5.74) is -3.44. The molecule has 0 aliphatic carbocycles. The highest BCUT2D eigenvalue weighted by Gasteiger charge is 2.60. The number of carbonyl (C=O) groups is 7. The average molecular weight is 967 g/mol. The average Bonchev–Trinajstić information content (AvgIpc) is 3.90. The Morgan fingerprint density at radius 1 is 1.05 bits per heavy atom. The molecule has 1 aromatic carbocycles. The van der Waals surface area contributed by atoms with E-state index >= 15 is 0 Å². The van der Waals surface area contributed by atoms with Crippen molar-refractivity contribution in [2.75, 3.05) is 40.4 Å². The number of benzene rings is 1. The molecule has 22 heteroatoms. The molecular weight excluding hydrogens is 905 g/mol. The number of ketones is 1. The van der Waals surface area contributed by atoms with E-state index in [1.54, 1.807) is 25.1 Å². The number of nitrogens with zero attached hydrogens (tertiary/aromatic N) is 3. The summed E-state index contributed by atoms with van der Waals surface area (Å²) < 4.78 is 60.8. The van der Waals surface area contributed by atoms with Crippen molar-refractivity contribution in [1.29, 1.82) is 0 Å². The Kier molecular flexibility index (Phi) is 19.0. The van der Waals surface area contributed by atoms with Crippen LogP contribution in [0.5, 0.6) is 0 Å². The number of halogens is 6. The van der Waals surface area contributed by atoms with Crippen LogP contribution >= 0.6 is 23.2 Å². The first kappa shape index (κ1) is 53.5. The predicted octanol–water partition coefficient (Wildman–Crippen LogP) is 3.08. The van der Waals surface area contributed by atoms with Gasteiger partial charge < -0.3 is 40.5 Å². The van der Waals surface area contributed by atoms with Crippen LogP contribution in [0.25, 0.3) is 0 Å². The highest BCUT2D eigenvalue weighted by Crippen LogP contribution is 2.37. The highest BCUT2D eigenvalue weighted by atomic mass is 35.5. The van der Waals surface area contributed by atoms with Gasteiger partial charge in [0.15, 0.2) is 12.1 Å². The number of likely N-dealkylation sites (N-methyl/N-ethyl adjacent to an activating group) is 2. The van der Waals surface area contributed by atoms with Crippen LogP contribution in [0.15, 0.2) is 18.2 Å². The lowest BCUT2D eigenvalue weighted by Crippen LogP contribution is -2.61. The van der Waals surface area contributed by atoms with Crippen LogP contribution in [0.1, 0.15) is 84.6 Å². The molecule has 5 N–H and O–H groups in total. The highest BCUT2D eigenvalue weighted by molar-refractivity contribution is 6.33. The first-order valence-corrected chi connectivity index (χ1v) is 22.6. The van der Waals surface area contributed by atoms with Crippen LogP contribution in [-0.2, 0) is 44.7 Å². The van der Waals surface area contributed by atoms with Crippen molar-refractivity contribution in [1.82, 2.24) is 36.0 Å². The standard InChI is InChI=1S/C43H61Cl2F4N7O9/c1-7-55(40(62)28(15-18-65-6)51-38(60)34-26(22-33(46)53-34)35(57)42(4,64)43(47,48)49)31-11-8-9-16-50-36(58)30-12-10-17-56(30)41(63)32(21-24-20-25(44)13-14-27(24)45)54(5)39(61)29(19-23(2)3)52-37(31)59/h13-14,20,23,26,28-34,53,64H,7-12,15-19,21-22H2,1-6H3,(H,50,58)(H,51,60)(H,52,59)/t26?,28-,29-,30+,31-,32-,33+,34+,42+/m0/s1. The van der Waals surface area contributed by atoms with E-state index in [0.717, 1.165) is 0 Å². The Hall–Kier alpha value is -4.11. The van der Waals surface area contributed by atoms with E-state index < -0.39 is 108 Å². The molecule has 3 saturated heterocycles. The molecule has 3 aliphatic heterocycles. The summed E-state index contributed by atoms with van der Waals surface area (Å²) >= 11 is 12.9. The van der Waals surface area contributed by atoms with Crippen molar-refractivity contribution in [2.24, 2.45) is 11.8 Å². The second-order valence-electron chi connectivity index (χ2n) is 17.4. The molecule has 3 aliphatic rings. The number of aliphatic hydroxyl groups is 1. The molecule has 3 fully saturated rings. The van der Waals surface area contributed by atoms with Gasteiger partial charge in [-0.05, 0) is 88.5 Å². The molecule has 9 atom stereocenters. The maximum Gasteiger partial charge on any atom is 0.424 e. The third kappa shape index (κ3) is 13.1. The lowest BCUT2D eigenvalue weighted by molar-refractivity contribution is -0.246. The number of ether oxygens (including phenoxy) is 1. The lowest BCUT2D eigenvalue weighted by atomic mass is 9.84. The van der Waals surface area contributed by atoms with Gasteiger partial charge in [-0.1, -0.05) is 37.0 Å². The number of Topliss-reactive ketones (excluding diaryl/α,β-unsaturated/α-hetero) is 1. The summed E-state index contributed by atoms with van der Waals surface area (Å²) in [5.74, 6) is -8.32. The molecule has 0 aromatic heterocycles. The van der Waals surface area contributed by atoms with Crippen molar-refractivity contribution in [3.63, 3.8) is 0 Å². The van der Waals surface area contributed by atoms with Crippen LogP contribution in [0.4, 0.5) is 17.6 Å². The Morgan fingerprint density at radius 3 is 2.37 bits per heavy atom. The van der Waals surface area contributed by atoms with Gasteiger partial charge in [0.2, 0.25) is 41.0 Å². The van der Waals surface area contributed by atoms with E-state index in [1.807, 2.05) is 13.8 Å². The van der Waals surface area contributed by atoms with Crippen LogP contribution in [0, 0.1) is 11.8 Å². The van der Waals surface area contributed by atoms with E-state index in [1.165, 1.54) is 28.9 Å². The first-order valence-electron chi connectivity index (χ1n) is 21.9. The minimum Gasteiger partial charge on any atom is -0.385 e. The van der Waals surface area contributed by atoms with E-state index in [0.29, 0.717) is 34.9 Å². The van der Waals surface area contributed by atoms with Crippen molar-refractivity contribution in [3.8, 4) is 0 Å². The number of amides is 6. The zero-order valence-corrected chi connectivity index (χ0v) is 39.0. The molecule has 6 amide bonds. The number of alkyl halides is 4.